The van der Waals surface area contributed by atoms with Gasteiger partial charge in [0.05, 0.1) is 10.4 Å². The molecule has 0 aliphatic heterocycles. The Hall–Kier alpha value is -0.800. The van der Waals surface area contributed by atoms with E-state index in [0.29, 0.717) is 11.4 Å². The SMILES string of the molecule is CCCNCc1cc(S(=O)(=O)NCc2cncs2)cs1. The second kappa shape index (κ2) is 7.28. The van der Waals surface area contributed by atoms with Gasteiger partial charge in [-0.25, -0.2) is 13.1 Å². The molecule has 110 valence electrons. The van der Waals surface area contributed by atoms with Crippen LogP contribution in [0.3, 0.4) is 0 Å². The summed E-state index contributed by atoms with van der Waals surface area (Å²) in [6.45, 7) is 4.03. The van der Waals surface area contributed by atoms with Crippen LogP contribution in [0.4, 0.5) is 0 Å². The highest BCUT2D eigenvalue weighted by atomic mass is 32.2. The van der Waals surface area contributed by atoms with Crippen LogP contribution in [-0.4, -0.2) is 19.9 Å². The third-order valence-corrected chi connectivity index (χ3v) is 5.83. The van der Waals surface area contributed by atoms with Crippen LogP contribution in [0.2, 0.25) is 0 Å². The van der Waals surface area contributed by atoms with Crippen LogP contribution in [0.15, 0.2) is 28.0 Å². The molecule has 0 fully saturated rings. The zero-order chi connectivity index (χ0) is 14.4. The lowest BCUT2D eigenvalue weighted by Gasteiger charge is -2.02. The summed E-state index contributed by atoms with van der Waals surface area (Å²) in [5.74, 6) is 0. The third kappa shape index (κ3) is 4.35. The van der Waals surface area contributed by atoms with Gasteiger partial charge in [0.15, 0.2) is 0 Å². The maximum Gasteiger partial charge on any atom is 0.241 e. The molecule has 0 saturated heterocycles. The quantitative estimate of drug-likeness (QED) is 0.727. The summed E-state index contributed by atoms with van der Waals surface area (Å²) in [7, 11) is -3.43. The molecule has 5 nitrogen and oxygen atoms in total. The average Bonchev–Trinajstić information content (AvgIpc) is 3.08. The van der Waals surface area contributed by atoms with Crippen LogP contribution in [0.1, 0.15) is 23.1 Å². The van der Waals surface area contributed by atoms with Gasteiger partial charge in [0, 0.05) is 34.4 Å². The van der Waals surface area contributed by atoms with Gasteiger partial charge < -0.3 is 5.32 Å². The number of rotatable bonds is 8. The van der Waals surface area contributed by atoms with Gasteiger partial charge in [-0.15, -0.1) is 22.7 Å². The summed E-state index contributed by atoms with van der Waals surface area (Å²) in [5, 5.41) is 4.94. The minimum atomic E-state index is -3.43. The van der Waals surface area contributed by atoms with E-state index in [1.54, 1.807) is 23.2 Å². The van der Waals surface area contributed by atoms with E-state index in [-0.39, 0.29) is 6.54 Å². The lowest BCUT2D eigenvalue weighted by Crippen LogP contribution is -2.22. The molecule has 0 saturated carbocycles. The van der Waals surface area contributed by atoms with Gasteiger partial charge in [0.25, 0.3) is 0 Å². The lowest BCUT2D eigenvalue weighted by atomic mass is 10.4. The summed E-state index contributed by atoms with van der Waals surface area (Å²) in [6, 6.07) is 1.72. The largest absolute Gasteiger partial charge is 0.312 e. The molecule has 20 heavy (non-hydrogen) atoms. The molecular formula is C12H17N3O2S3. The van der Waals surface area contributed by atoms with E-state index in [2.05, 4.69) is 21.9 Å². The highest BCUT2D eigenvalue weighted by Crippen LogP contribution is 2.19. The fraction of sp³-hybridized carbons (Fsp3) is 0.417. The lowest BCUT2D eigenvalue weighted by molar-refractivity contribution is 0.582. The van der Waals surface area contributed by atoms with Crippen molar-refractivity contribution >= 4 is 32.7 Å². The average molecular weight is 331 g/mol. The molecule has 0 radical (unpaired) electrons. The van der Waals surface area contributed by atoms with E-state index in [9.17, 15) is 8.42 Å². The third-order valence-electron chi connectivity index (χ3n) is 2.59. The number of sulfonamides is 1. The summed E-state index contributed by atoms with van der Waals surface area (Å²) in [4.78, 5) is 6.17. The van der Waals surface area contributed by atoms with Crippen LogP contribution in [-0.2, 0) is 23.1 Å². The smallest absolute Gasteiger partial charge is 0.241 e. The van der Waals surface area contributed by atoms with Crippen LogP contribution >= 0.6 is 22.7 Å². The van der Waals surface area contributed by atoms with Gasteiger partial charge in [-0.3, -0.25) is 4.98 Å². The number of nitrogens with one attached hydrogen (secondary N) is 2. The van der Waals surface area contributed by atoms with Crippen LogP contribution in [0.25, 0.3) is 0 Å². The molecule has 0 aromatic carbocycles. The number of hydrogen-bond donors (Lipinski definition) is 2. The van der Waals surface area contributed by atoms with Crippen molar-refractivity contribution < 1.29 is 8.42 Å². The molecule has 0 aliphatic carbocycles. The highest BCUT2D eigenvalue weighted by Gasteiger charge is 2.16. The van der Waals surface area contributed by atoms with Gasteiger partial charge in [-0.05, 0) is 19.0 Å². The van der Waals surface area contributed by atoms with E-state index in [0.717, 1.165) is 22.7 Å². The molecule has 2 heterocycles. The highest BCUT2D eigenvalue weighted by molar-refractivity contribution is 7.89. The molecule has 2 aromatic heterocycles. The van der Waals surface area contributed by atoms with Crippen molar-refractivity contribution in [3.63, 3.8) is 0 Å². The Bertz CT molecular complexity index is 620. The van der Waals surface area contributed by atoms with Crippen molar-refractivity contribution in [2.45, 2.75) is 31.3 Å². The van der Waals surface area contributed by atoms with Gasteiger partial charge in [0.1, 0.15) is 0 Å². The second-order valence-corrected chi connectivity index (χ2v) is 7.95. The normalized spacial score (nSPS) is 11.8. The van der Waals surface area contributed by atoms with Crippen molar-refractivity contribution in [1.29, 1.82) is 0 Å². The molecule has 0 atom stereocenters. The first kappa shape index (κ1) is 15.6. The Kier molecular flexibility index (Phi) is 5.67. The van der Waals surface area contributed by atoms with Crippen LogP contribution < -0.4 is 10.0 Å². The monoisotopic (exact) mass is 331 g/mol. The summed E-state index contributed by atoms with van der Waals surface area (Å²) in [6.07, 6.45) is 2.73. The topological polar surface area (TPSA) is 71.1 Å². The van der Waals surface area contributed by atoms with E-state index in [1.165, 1.54) is 22.7 Å². The molecule has 0 unspecified atom stereocenters. The summed E-state index contributed by atoms with van der Waals surface area (Å²) >= 11 is 2.89. The van der Waals surface area contributed by atoms with E-state index < -0.39 is 10.0 Å². The van der Waals surface area contributed by atoms with Gasteiger partial charge in [-0.2, -0.15) is 0 Å². The van der Waals surface area contributed by atoms with E-state index >= 15 is 0 Å². The number of aromatic nitrogens is 1. The van der Waals surface area contributed by atoms with Crippen molar-refractivity contribution in [3.05, 3.63) is 32.9 Å². The Morgan fingerprint density at radius 1 is 1.25 bits per heavy atom. The maximum atomic E-state index is 12.1. The van der Waals surface area contributed by atoms with E-state index in [4.69, 9.17) is 0 Å². The molecule has 2 aromatic rings. The minimum absolute atomic E-state index is 0.284. The zero-order valence-electron chi connectivity index (χ0n) is 11.1. The fourth-order valence-corrected chi connectivity index (χ4v) is 4.44. The second-order valence-electron chi connectivity index (χ2n) is 4.22. The Morgan fingerprint density at radius 2 is 2.10 bits per heavy atom. The summed E-state index contributed by atoms with van der Waals surface area (Å²) in [5.41, 5.74) is 1.69. The number of thiazole rings is 1. The molecule has 2 rings (SSSR count). The minimum Gasteiger partial charge on any atom is -0.312 e. The van der Waals surface area contributed by atoms with Crippen molar-refractivity contribution in [3.8, 4) is 0 Å². The molecule has 0 bridgehead atoms. The number of thiophene rings is 1. The standard InChI is InChI=1S/C12H17N3O2S3/c1-2-3-13-5-10-4-12(8-18-10)20(16,17)15-7-11-6-14-9-19-11/h4,6,8-9,13,15H,2-3,5,7H2,1H3. The van der Waals surface area contributed by atoms with Crippen LogP contribution in [0, 0.1) is 0 Å². The molecule has 8 heteroatoms. The number of hydrogen-bond acceptors (Lipinski definition) is 6. The van der Waals surface area contributed by atoms with Gasteiger partial charge in [0.2, 0.25) is 10.0 Å². The molecule has 0 aliphatic rings. The Morgan fingerprint density at radius 3 is 2.80 bits per heavy atom. The zero-order valence-corrected chi connectivity index (χ0v) is 13.6. The predicted molar refractivity (Wildman–Crippen MR) is 82.5 cm³/mol. The molecular weight excluding hydrogens is 314 g/mol. The molecule has 0 spiro atoms. The molecule has 2 N–H and O–H groups in total. The van der Waals surface area contributed by atoms with Gasteiger partial charge in [-0.1, -0.05) is 6.92 Å². The fourth-order valence-electron chi connectivity index (χ4n) is 1.56. The summed E-state index contributed by atoms with van der Waals surface area (Å²) < 4.78 is 26.8. The Balaban J connectivity index is 1.95. The van der Waals surface area contributed by atoms with Crippen molar-refractivity contribution in [1.82, 2.24) is 15.0 Å². The number of nitrogens with zero attached hydrogens (tertiary/aromatic N) is 1. The molecule has 0 amide bonds. The first-order valence-corrected chi connectivity index (χ1v) is 9.51. The van der Waals surface area contributed by atoms with Crippen molar-refractivity contribution in [2.24, 2.45) is 0 Å². The predicted octanol–water partition coefficient (Wildman–Crippen LogP) is 2.18. The first-order valence-electron chi connectivity index (χ1n) is 6.27. The first-order chi connectivity index (χ1) is 9.62. The van der Waals surface area contributed by atoms with Crippen molar-refractivity contribution in [2.75, 3.05) is 6.54 Å². The van der Waals surface area contributed by atoms with Gasteiger partial charge >= 0.3 is 0 Å². The maximum absolute atomic E-state index is 12.1. The van der Waals surface area contributed by atoms with E-state index in [1.807, 2.05) is 0 Å². The Labute approximate surface area is 127 Å². The van der Waals surface area contributed by atoms with Crippen LogP contribution in [0.5, 0.6) is 0 Å².